The summed E-state index contributed by atoms with van der Waals surface area (Å²) in [5.74, 6) is 3.48. The van der Waals surface area contributed by atoms with Gasteiger partial charge in [0.1, 0.15) is 29.3 Å². The Balaban J connectivity index is 1.54. The quantitative estimate of drug-likeness (QED) is 0.566. The number of nitrogens with one attached hydrogen (secondary N) is 1. The third-order valence-corrected chi connectivity index (χ3v) is 4.32. The van der Waals surface area contributed by atoms with Crippen LogP contribution >= 0.6 is 0 Å². The molecule has 1 N–H and O–H groups in total. The van der Waals surface area contributed by atoms with E-state index in [2.05, 4.69) is 22.4 Å². The molecular formula is C20H21N4O3+. The van der Waals surface area contributed by atoms with Crippen molar-refractivity contribution >= 4 is 0 Å². The standard InChI is InChI=1S/C20H20N4O3/c1-13-9-10-16(25-13)11-24(3)12-17-21-22-20(26-17)18-14(2)27-23-19(18)15-7-5-4-6-8-15/h4-10H,11-12H2,1-3H3/p+1. The van der Waals surface area contributed by atoms with Crippen LogP contribution in [-0.4, -0.2) is 22.4 Å². The summed E-state index contributed by atoms with van der Waals surface area (Å²) in [4.78, 5) is 1.19. The van der Waals surface area contributed by atoms with Crippen molar-refractivity contribution in [3.8, 4) is 22.7 Å². The molecule has 1 atom stereocenters. The van der Waals surface area contributed by atoms with E-state index in [4.69, 9.17) is 13.4 Å². The normalized spacial score (nSPS) is 12.4. The van der Waals surface area contributed by atoms with Gasteiger partial charge >= 0.3 is 0 Å². The Kier molecular flexibility index (Phi) is 4.60. The molecule has 4 aromatic rings. The fourth-order valence-electron chi connectivity index (χ4n) is 3.04. The second-order valence-corrected chi connectivity index (χ2v) is 6.65. The zero-order chi connectivity index (χ0) is 18.8. The molecule has 7 nitrogen and oxygen atoms in total. The molecule has 1 unspecified atom stereocenters. The molecule has 1 aromatic carbocycles. The number of quaternary nitrogens is 1. The van der Waals surface area contributed by atoms with E-state index in [0.717, 1.165) is 29.2 Å². The van der Waals surface area contributed by atoms with Crippen LogP contribution in [-0.2, 0) is 13.1 Å². The summed E-state index contributed by atoms with van der Waals surface area (Å²) in [7, 11) is 2.06. The number of aryl methyl sites for hydroxylation is 2. The van der Waals surface area contributed by atoms with Crippen molar-refractivity contribution in [1.29, 1.82) is 0 Å². The molecule has 138 valence electrons. The minimum absolute atomic E-state index is 0.421. The molecule has 4 rings (SSSR count). The van der Waals surface area contributed by atoms with E-state index in [0.29, 0.717) is 29.8 Å². The van der Waals surface area contributed by atoms with Crippen molar-refractivity contribution in [3.05, 3.63) is 65.6 Å². The van der Waals surface area contributed by atoms with Gasteiger partial charge in [-0.15, -0.1) is 10.2 Å². The number of furan rings is 1. The maximum atomic E-state index is 5.91. The highest BCUT2D eigenvalue weighted by Gasteiger charge is 2.23. The monoisotopic (exact) mass is 365 g/mol. The predicted octanol–water partition coefficient (Wildman–Crippen LogP) is 2.82. The lowest BCUT2D eigenvalue weighted by Crippen LogP contribution is -3.06. The first-order chi connectivity index (χ1) is 13.1. The number of aromatic nitrogens is 3. The van der Waals surface area contributed by atoms with Gasteiger partial charge in [-0.1, -0.05) is 35.5 Å². The molecule has 0 aliphatic carbocycles. The Morgan fingerprint density at radius 1 is 0.926 bits per heavy atom. The minimum Gasteiger partial charge on any atom is -0.460 e. The Bertz CT molecular complexity index is 1030. The smallest absolute Gasteiger partial charge is 0.271 e. The third-order valence-electron chi connectivity index (χ3n) is 4.32. The Morgan fingerprint density at radius 3 is 2.48 bits per heavy atom. The molecular weight excluding hydrogens is 344 g/mol. The van der Waals surface area contributed by atoms with Gasteiger partial charge < -0.3 is 18.3 Å². The van der Waals surface area contributed by atoms with Gasteiger partial charge in [0.15, 0.2) is 12.3 Å². The summed E-state index contributed by atoms with van der Waals surface area (Å²) in [6.45, 7) is 5.12. The van der Waals surface area contributed by atoms with Crippen LogP contribution in [0, 0.1) is 13.8 Å². The van der Waals surface area contributed by atoms with Gasteiger partial charge in [0.25, 0.3) is 11.8 Å². The van der Waals surface area contributed by atoms with Crippen molar-refractivity contribution in [2.45, 2.75) is 26.9 Å². The highest BCUT2D eigenvalue weighted by molar-refractivity contribution is 5.77. The van der Waals surface area contributed by atoms with Gasteiger partial charge in [-0.05, 0) is 26.0 Å². The van der Waals surface area contributed by atoms with Crippen molar-refractivity contribution in [2.24, 2.45) is 0 Å². The highest BCUT2D eigenvalue weighted by Crippen LogP contribution is 2.33. The lowest BCUT2D eigenvalue weighted by Gasteiger charge is -2.09. The van der Waals surface area contributed by atoms with Gasteiger partial charge in [0.2, 0.25) is 0 Å². The second-order valence-electron chi connectivity index (χ2n) is 6.65. The van der Waals surface area contributed by atoms with Crippen LogP contribution in [0.5, 0.6) is 0 Å². The molecule has 3 heterocycles. The summed E-state index contributed by atoms with van der Waals surface area (Å²) in [6, 6.07) is 13.8. The largest absolute Gasteiger partial charge is 0.460 e. The lowest BCUT2D eigenvalue weighted by atomic mass is 10.1. The van der Waals surface area contributed by atoms with Crippen LogP contribution in [0.25, 0.3) is 22.7 Å². The van der Waals surface area contributed by atoms with Crippen LogP contribution in [0.2, 0.25) is 0 Å². The van der Waals surface area contributed by atoms with Crippen LogP contribution in [0.1, 0.15) is 23.2 Å². The van der Waals surface area contributed by atoms with Gasteiger partial charge in [0, 0.05) is 5.56 Å². The van der Waals surface area contributed by atoms with E-state index in [-0.39, 0.29) is 0 Å². The summed E-state index contributed by atoms with van der Waals surface area (Å²) >= 11 is 0. The summed E-state index contributed by atoms with van der Waals surface area (Å²) in [6.07, 6.45) is 0. The molecule has 0 fully saturated rings. The third kappa shape index (κ3) is 3.68. The maximum absolute atomic E-state index is 5.91. The van der Waals surface area contributed by atoms with Crippen LogP contribution in [0.3, 0.4) is 0 Å². The average Bonchev–Trinajstić information content (AvgIpc) is 3.36. The molecule has 3 aromatic heterocycles. The predicted molar refractivity (Wildman–Crippen MR) is 97.7 cm³/mol. The molecule has 0 amide bonds. The van der Waals surface area contributed by atoms with Crippen LogP contribution < -0.4 is 4.90 Å². The minimum atomic E-state index is 0.421. The molecule has 0 aliphatic heterocycles. The summed E-state index contributed by atoms with van der Waals surface area (Å²) in [5, 5.41) is 12.6. The zero-order valence-corrected chi connectivity index (χ0v) is 15.5. The second kappa shape index (κ2) is 7.20. The van der Waals surface area contributed by atoms with Crippen molar-refractivity contribution in [1.82, 2.24) is 15.4 Å². The first-order valence-corrected chi connectivity index (χ1v) is 8.81. The fourth-order valence-corrected chi connectivity index (χ4v) is 3.04. The summed E-state index contributed by atoms with van der Waals surface area (Å²) in [5.41, 5.74) is 2.38. The van der Waals surface area contributed by atoms with Gasteiger partial charge in [-0.3, -0.25) is 0 Å². The van der Waals surface area contributed by atoms with Crippen molar-refractivity contribution < 1.29 is 18.3 Å². The van der Waals surface area contributed by atoms with Crippen LogP contribution in [0.15, 0.2) is 55.8 Å². The number of benzene rings is 1. The first-order valence-electron chi connectivity index (χ1n) is 8.81. The van der Waals surface area contributed by atoms with Crippen molar-refractivity contribution in [2.75, 3.05) is 7.05 Å². The Labute approximate surface area is 156 Å². The van der Waals surface area contributed by atoms with Crippen LogP contribution in [0.4, 0.5) is 0 Å². The molecule has 0 radical (unpaired) electrons. The zero-order valence-electron chi connectivity index (χ0n) is 15.5. The van der Waals surface area contributed by atoms with Gasteiger partial charge in [-0.2, -0.15) is 0 Å². The molecule has 0 saturated heterocycles. The Hall–Kier alpha value is -3.19. The van der Waals surface area contributed by atoms with Gasteiger partial charge in [-0.25, -0.2) is 0 Å². The van der Waals surface area contributed by atoms with E-state index in [1.807, 2.05) is 56.3 Å². The van der Waals surface area contributed by atoms with Crippen molar-refractivity contribution in [3.63, 3.8) is 0 Å². The fraction of sp³-hybridized carbons (Fsp3) is 0.250. The van der Waals surface area contributed by atoms with E-state index >= 15 is 0 Å². The van der Waals surface area contributed by atoms with E-state index in [9.17, 15) is 0 Å². The molecule has 0 spiro atoms. The molecule has 27 heavy (non-hydrogen) atoms. The highest BCUT2D eigenvalue weighted by atomic mass is 16.5. The number of nitrogens with zero attached hydrogens (tertiary/aromatic N) is 3. The van der Waals surface area contributed by atoms with Gasteiger partial charge in [0.05, 0.1) is 7.05 Å². The number of rotatable bonds is 6. The van der Waals surface area contributed by atoms with E-state index in [1.165, 1.54) is 4.90 Å². The average molecular weight is 365 g/mol. The molecule has 0 saturated carbocycles. The Morgan fingerprint density at radius 2 is 1.74 bits per heavy atom. The van der Waals surface area contributed by atoms with E-state index < -0.39 is 0 Å². The molecule has 7 heteroatoms. The molecule has 0 aliphatic rings. The first kappa shape index (κ1) is 17.2. The number of hydrogen-bond acceptors (Lipinski definition) is 6. The number of hydrogen-bond donors (Lipinski definition) is 1. The topological polar surface area (TPSA) is 82.5 Å². The molecule has 0 bridgehead atoms. The van der Waals surface area contributed by atoms with E-state index in [1.54, 1.807) is 0 Å². The lowest BCUT2D eigenvalue weighted by molar-refractivity contribution is -0.910. The SMILES string of the molecule is Cc1ccc(C[NH+](C)Cc2nnc(-c3c(-c4ccccc4)noc3C)o2)o1. The summed E-state index contributed by atoms with van der Waals surface area (Å²) < 4.78 is 16.9. The maximum Gasteiger partial charge on any atom is 0.271 e.